The maximum Gasteiger partial charge on any atom is 0.221 e. The van der Waals surface area contributed by atoms with Crippen LogP contribution in [0.2, 0.25) is 0 Å². The highest BCUT2D eigenvalue weighted by atomic mass is 32.2. The van der Waals surface area contributed by atoms with E-state index in [-0.39, 0.29) is 17.4 Å². The summed E-state index contributed by atoms with van der Waals surface area (Å²) in [5.41, 5.74) is 4.25. The Balaban J connectivity index is 1.71. The van der Waals surface area contributed by atoms with Gasteiger partial charge >= 0.3 is 0 Å². The molecule has 27 heavy (non-hydrogen) atoms. The van der Waals surface area contributed by atoms with Gasteiger partial charge in [0.1, 0.15) is 0 Å². The number of nitrogens with zero attached hydrogens (tertiary/aromatic N) is 4. The third-order valence-electron chi connectivity index (χ3n) is 3.89. The first-order valence-electron chi connectivity index (χ1n) is 8.33. The average Bonchev–Trinajstić information content (AvgIpc) is 3.08. The van der Waals surface area contributed by atoms with Crippen LogP contribution in [0.1, 0.15) is 28.4 Å². The zero-order valence-corrected chi connectivity index (χ0v) is 16.1. The standard InChI is InChI=1S/C19H19N5O2S/c1-12-4-9-17(13(2)10-12)18(26)11-27-19-21-22-23-24(19)16-7-5-15(6-8-16)20-14(3)25/h4-10H,11H2,1-3H3,(H,20,25). The van der Waals surface area contributed by atoms with Gasteiger partial charge in [-0.3, -0.25) is 9.59 Å². The molecule has 138 valence electrons. The Kier molecular flexibility index (Phi) is 5.66. The van der Waals surface area contributed by atoms with Gasteiger partial charge < -0.3 is 5.32 Å². The number of anilines is 1. The van der Waals surface area contributed by atoms with Gasteiger partial charge in [0, 0.05) is 18.2 Å². The number of tetrazole rings is 1. The highest BCUT2D eigenvalue weighted by molar-refractivity contribution is 7.99. The zero-order valence-electron chi connectivity index (χ0n) is 15.3. The van der Waals surface area contributed by atoms with Crippen molar-refractivity contribution in [2.75, 3.05) is 11.1 Å². The van der Waals surface area contributed by atoms with Crippen molar-refractivity contribution in [1.29, 1.82) is 0 Å². The number of hydrogen-bond donors (Lipinski definition) is 1. The first kappa shape index (κ1) is 18.8. The number of hydrogen-bond acceptors (Lipinski definition) is 6. The number of Topliss-reactive ketones (excluding diaryl/α,β-unsaturated/α-hetero) is 1. The number of aromatic nitrogens is 4. The number of aryl methyl sites for hydroxylation is 2. The minimum absolute atomic E-state index is 0.0352. The molecule has 3 aromatic rings. The summed E-state index contributed by atoms with van der Waals surface area (Å²) in [5, 5.41) is 14.9. The van der Waals surface area contributed by atoms with Crippen LogP contribution >= 0.6 is 11.8 Å². The summed E-state index contributed by atoms with van der Waals surface area (Å²) in [6.07, 6.45) is 0. The first-order valence-corrected chi connectivity index (χ1v) is 9.32. The molecule has 0 radical (unpaired) electrons. The minimum Gasteiger partial charge on any atom is -0.326 e. The third kappa shape index (κ3) is 4.59. The SMILES string of the molecule is CC(=O)Nc1ccc(-n2nnnc2SCC(=O)c2ccc(C)cc2C)cc1. The second-order valence-corrected chi connectivity index (χ2v) is 7.07. The molecule has 0 saturated carbocycles. The average molecular weight is 381 g/mol. The van der Waals surface area contributed by atoms with Crippen LogP contribution in [0.5, 0.6) is 0 Å². The van der Waals surface area contributed by atoms with E-state index in [9.17, 15) is 9.59 Å². The molecule has 0 atom stereocenters. The number of benzene rings is 2. The van der Waals surface area contributed by atoms with Gasteiger partial charge in [0.05, 0.1) is 11.4 Å². The lowest BCUT2D eigenvalue weighted by molar-refractivity contribution is -0.114. The Bertz CT molecular complexity index is 982. The number of nitrogens with one attached hydrogen (secondary N) is 1. The van der Waals surface area contributed by atoms with Gasteiger partial charge in [-0.15, -0.1) is 5.10 Å². The van der Waals surface area contributed by atoms with E-state index in [0.29, 0.717) is 16.4 Å². The van der Waals surface area contributed by atoms with Crippen molar-refractivity contribution in [1.82, 2.24) is 20.2 Å². The van der Waals surface area contributed by atoms with Crippen LogP contribution in [0, 0.1) is 13.8 Å². The highest BCUT2D eigenvalue weighted by Gasteiger charge is 2.14. The van der Waals surface area contributed by atoms with E-state index in [2.05, 4.69) is 20.8 Å². The Morgan fingerprint density at radius 2 is 1.85 bits per heavy atom. The Labute approximate surface area is 161 Å². The van der Waals surface area contributed by atoms with E-state index >= 15 is 0 Å². The van der Waals surface area contributed by atoms with Crippen molar-refractivity contribution in [2.45, 2.75) is 25.9 Å². The number of carbonyl (C=O) groups excluding carboxylic acids is 2. The highest BCUT2D eigenvalue weighted by Crippen LogP contribution is 2.21. The van der Waals surface area contributed by atoms with Gasteiger partial charge in [0.15, 0.2) is 5.78 Å². The largest absolute Gasteiger partial charge is 0.326 e. The lowest BCUT2D eigenvalue weighted by atomic mass is 10.0. The molecule has 0 spiro atoms. The molecular formula is C19H19N5O2S. The predicted octanol–water partition coefficient (Wildman–Crippen LogP) is 3.21. The maximum absolute atomic E-state index is 12.5. The first-order chi connectivity index (χ1) is 12.9. The van der Waals surface area contributed by atoms with Crippen molar-refractivity contribution >= 4 is 29.1 Å². The normalized spacial score (nSPS) is 10.6. The summed E-state index contributed by atoms with van der Waals surface area (Å²) in [6, 6.07) is 12.9. The van der Waals surface area contributed by atoms with Gasteiger partial charge in [-0.2, -0.15) is 4.68 Å². The van der Waals surface area contributed by atoms with Crippen LogP contribution in [-0.4, -0.2) is 37.7 Å². The molecule has 0 saturated heterocycles. The summed E-state index contributed by atoms with van der Waals surface area (Å²) in [4.78, 5) is 23.6. The van der Waals surface area contributed by atoms with Crippen LogP contribution in [0.3, 0.4) is 0 Å². The number of ketones is 1. The number of amides is 1. The van der Waals surface area contributed by atoms with Crippen LogP contribution in [0.15, 0.2) is 47.6 Å². The summed E-state index contributed by atoms with van der Waals surface area (Å²) >= 11 is 1.29. The smallest absolute Gasteiger partial charge is 0.221 e. The van der Waals surface area contributed by atoms with Gasteiger partial charge in [0.2, 0.25) is 11.1 Å². The monoisotopic (exact) mass is 381 g/mol. The quantitative estimate of drug-likeness (QED) is 0.521. The summed E-state index contributed by atoms with van der Waals surface area (Å²) in [5.74, 6) is 0.147. The van der Waals surface area contributed by atoms with Crippen molar-refractivity contribution < 1.29 is 9.59 Å². The molecule has 3 rings (SSSR count). The van der Waals surface area contributed by atoms with Crippen molar-refractivity contribution in [2.24, 2.45) is 0 Å². The molecule has 0 aliphatic heterocycles. The minimum atomic E-state index is -0.133. The summed E-state index contributed by atoms with van der Waals surface area (Å²) in [7, 11) is 0. The Morgan fingerprint density at radius 3 is 2.52 bits per heavy atom. The molecule has 2 aromatic carbocycles. The van der Waals surface area contributed by atoms with Gasteiger partial charge in [-0.25, -0.2) is 0 Å². The molecule has 0 bridgehead atoms. The molecule has 0 fully saturated rings. The predicted molar refractivity (Wildman–Crippen MR) is 104 cm³/mol. The van der Waals surface area contributed by atoms with Crippen LogP contribution in [0.4, 0.5) is 5.69 Å². The van der Waals surface area contributed by atoms with E-state index in [1.165, 1.54) is 18.7 Å². The number of rotatable bonds is 6. The van der Waals surface area contributed by atoms with Crippen LogP contribution in [-0.2, 0) is 4.79 Å². The molecule has 1 N–H and O–H groups in total. The zero-order chi connectivity index (χ0) is 19.4. The van der Waals surface area contributed by atoms with E-state index in [1.807, 2.05) is 32.0 Å². The van der Waals surface area contributed by atoms with Gasteiger partial charge in [0.25, 0.3) is 0 Å². The lowest BCUT2D eigenvalue weighted by Crippen LogP contribution is -2.07. The molecule has 0 unspecified atom stereocenters. The molecular weight excluding hydrogens is 362 g/mol. The van der Waals surface area contributed by atoms with E-state index in [4.69, 9.17) is 0 Å². The number of thioether (sulfide) groups is 1. The second kappa shape index (κ2) is 8.13. The van der Waals surface area contributed by atoms with Gasteiger partial charge in [-0.1, -0.05) is 35.5 Å². The molecule has 0 aliphatic rings. The molecule has 0 aliphatic carbocycles. The van der Waals surface area contributed by atoms with Crippen LogP contribution in [0.25, 0.3) is 5.69 Å². The van der Waals surface area contributed by atoms with Crippen LogP contribution < -0.4 is 5.32 Å². The topological polar surface area (TPSA) is 89.8 Å². The fourth-order valence-corrected chi connectivity index (χ4v) is 3.43. The fraction of sp³-hybridized carbons (Fsp3) is 0.211. The van der Waals surface area contributed by atoms with Crippen molar-refractivity contribution in [3.8, 4) is 5.69 Å². The fourth-order valence-electron chi connectivity index (χ4n) is 2.65. The van der Waals surface area contributed by atoms with E-state index < -0.39 is 0 Å². The van der Waals surface area contributed by atoms with E-state index in [1.54, 1.807) is 28.9 Å². The molecule has 1 aromatic heterocycles. The lowest BCUT2D eigenvalue weighted by Gasteiger charge is -2.07. The summed E-state index contributed by atoms with van der Waals surface area (Å²) in [6.45, 7) is 5.39. The van der Waals surface area contributed by atoms with Crippen molar-refractivity contribution in [3.05, 3.63) is 59.2 Å². The summed E-state index contributed by atoms with van der Waals surface area (Å²) < 4.78 is 1.57. The molecule has 1 heterocycles. The van der Waals surface area contributed by atoms with Crippen molar-refractivity contribution in [3.63, 3.8) is 0 Å². The Hall–Kier alpha value is -3.00. The number of carbonyl (C=O) groups is 2. The molecule has 8 heteroatoms. The maximum atomic E-state index is 12.5. The second-order valence-electron chi connectivity index (χ2n) is 6.13. The third-order valence-corrected chi connectivity index (χ3v) is 4.81. The molecule has 1 amide bonds. The molecule has 7 nitrogen and oxygen atoms in total. The Morgan fingerprint density at radius 1 is 1.11 bits per heavy atom. The van der Waals surface area contributed by atoms with Gasteiger partial charge in [-0.05, 0) is 54.1 Å². The van der Waals surface area contributed by atoms with E-state index in [0.717, 1.165) is 16.8 Å².